The first kappa shape index (κ1) is 14.0. The Morgan fingerprint density at radius 2 is 2.45 bits per heavy atom. The van der Waals surface area contributed by atoms with Crippen LogP contribution in [0.15, 0.2) is 11.6 Å². The SMILES string of the molecule is CN(C)C(=O)[C@@H]1C[C@H]2CCN(Cc3nccs3)C[C@@H]2O1. The van der Waals surface area contributed by atoms with Gasteiger partial charge in [0.15, 0.2) is 0 Å². The van der Waals surface area contributed by atoms with Crippen molar-refractivity contribution in [3.8, 4) is 0 Å². The molecule has 0 spiro atoms. The van der Waals surface area contributed by atoms with Crippen molar-refractivity contribution >= 4 is 17.2 Å². The Morgan fingerprint density at radius 3 is 3.15 bits per heavy atom. The Morgan fingerprint density at radius 1 is 1.60 bits per heavy atom. The summed E-state index contributed by atoms with van der Waals surface area (Å²) in [5, 5.41) is 3.17. The lowest BCUT2D eigenvalue weighted by atomic mass is 9.91. The normalized spacial score (nSPS) is 30.2. The summed E-state index contributed by atoms with van der Waals surface area (Å²) in [4.78, 5) is 20.4. The van der Waals surface area contributed by atoms with Gasteiger partial charge in [-0.2, -0.15) is 0 Å². The fourth-order valence-corrected chi connectivity index (χ4v) is 3.77. The highest BCUT2D eigenvalue weighted by atomic mass is 32.1. The Balaban J connectivity index is 1.57. The van der Waals surface area contributed by atoms with Gasteiger partial charge in [0.2, 0.25) is 0 Å². The van der Waals surface area contributed by atoms with Gasteiger partial charge in [-0.15, -0.1) is 11.3 Å². The monoisotopic (exact) mass is 295 g/mol. The molecule has 0 unspecified atom stereocenters. The highest BCUT2D eigenvalue weighted by Crippen LogP contribution is 2.34. The molecule has 1 aromatic heterocycles. The number of piperidine rings is 1. The third-order valence-electron chi connectivity index (χ3n) is 4.19. The minimum atomic E-state index is -0.236. The van der Waals surface area contributed by atoms with E-state index in [0.29, 0.717) is 5.92 Å². The quantitative estimate of drug-likeness (QED) is 0.841. The zero-order valence-electron chi connectivity index (χ0n) is 12.0. The van der Waals surface area contributed by atoms with Gasteiger partial charge in [-0.1, -0.05) is 0 Å². The second-order valence-corrected chi connectivity index (χ2v) is 6.82. The van der Waals surface area contributed by atoms with Crippen LogP contribution in [0.5, 0.6) is 0 Å². The molecule has 20 heavy (non-hydrogen) atoms. The van der Waals surface area contributed by atoms with Gasteiger partial charge in [0.25, 0.3) is 5.91 Å². The smallest absolute Gasteiger partial charge is 0.251 e. The van der Waals surface area contributed by atoms with Gasteiger partial charge in [-0.3, -0.25) is 9.69 Å². The summed E-state index contributed by atoms with van der Waals surface area (Å²) in [6.07, 6.45) is 3.82. The van der Waals surface area contributed by atoms with Crippen molar-refractivity contribution in [1.82, 2.24) is 14.8 Å². The van der Waals surface area contributed by atoms with Crippen LogP contribution < -0.4 is 0 Å². The molecule has 0 radical (unpaired) electrons. The first-order valence-electron chi connectivity index (χ1n) is 7.11. The van der Waals surface area contributed by atoms with Gasteiger partial charge >= 0.3 is 0 Å². The fourth-order valence-electron chi connectivity index (χ4n) is 3.11. The van der Waals surface area contributed by atoms with Crippen LogP contribution in [0.1, 0.15) is 17.8 Å². The van der Waals surface area contributed by atoms with E-state index in [1.807, 2.05) is 11.6 Å². The molecule has 0 saturated carbocycles. The van der Waals surface area contributed by atoms with Gasteiger partial charge in [0.1, 0.15) is 11.1 Å². The largest absolute Gasteiger partial charge is 0.364 e. The summed E-state index contributed by atoms with van der Waals surface area (Å²) in [7, 11) is 3.59. The van der Waals surface area contributed by atoms with Crippen molar-refractivity contribution in [3.05, 3.63) is 16.6 Å². The number of nitrogens with zero attached hydrogens (tertiary/aromatic N) is 3. The van der Waals surface area contributed by atoms with Crippen molar-refractivity contribution < 1.29 is 9.53 Å². The first-order valence-corrected chi connectivity index (χ1v) is 7.99. The van der Waals surface area contributed by atoms with Gasteiger partial charge in [0, 0.05) is 32.2 Å². The number of fused-ring (bicyclic) bond motifs is 1. The predicted molar refractivity (Wildman–Crippen MR) is 77.5 cm³/mol. The van der Waals surface area contributed by atoms with Crippen LogP contribution in [-0.2, 0) is 16.1 Å². The number of rotatable bonds is 3. The van der Waals surface area contributed by atoms with E-state index in [2.05, 4.69) is 9.88 Å². The molecule has 3 atom stereocenters. The van der Waals surface area contributed by atoms with E-state index < -0.39 is 0 Å². The number of thiazole rings is 1. The number of amides is 1. The van der Waals surface area contributed by atoms with Crippen molar-refractivity contribution in [1.29, 1.82) is 0 Å². The summed E-state index contributed by atoms with van der Waals surface area (Å²) in [5.41, 5.74) is 0. The molecule has 3 rings (SSSR count). The van der Waals surface area contributed by atoms with E-state index in [-0.39, 0.29) is 18.1 Å². The van der Waals surface area contributed by atoms with Gasteiger partial charge in [-0.05, 0) is 25.3 Å². The van der Waals surface area contributed by atoms with Gasteiger partial charge in [0.05, 0.1) is 12.6 Å². The van der Waals surface area contributed by atoms with Crippen LogP contribution >= 0.6 is 11.3 Å². The summed E-state index contributed by atoms with van der Waals surface area (Å²) in [6.45, 7) is 2.89. The maximum atomic E-state index is 12.0. The zero-order valence-corrected chi connectivity index (χ0v) is 12.8. The van der Waals surface area contributed by atoms with Crippen LogP contribution in [0.25, 0.3) is 0 Å². The molecule has 0 bridgehead atoms. The molecule has 6 heteroatoms. The molecular weight excluding hydrogens is 274 g/mol. The lowest BCUT2D eigenvalue weighted by Gasteiger charge is -2.33. The Kier molecular flexibility index (Phi) is 4.05. The number of aromatic nitrogens is 1. The number of hydrogen-bond donors (Lipinski definition) is 0. The maximum absolute atomic E-state index is 12.0. The molecule has 2 saturated heterocycles. The molecule has 3 heterocycles. The standard InChI is InChI=1S/C14H21N3O2S/c1-16(2)14(18)11-7-10-3-5-17(8-12(10)19-11)9-13-15-4-6-20-13/h4,6,10-12H,3,5,7-9H2,1-2H3/t10-,11+,12+/m1/s1. The predicted octanol–water partition coefficient (Wildman–Crippen LogP) is 1.21. The average Bonchev–Trinajstić information content (AvgIpc) is 3.06. The highest BCUT2D eigenvalue weighted by Gasteiger charge is 2.42. The molecule has 2 aliphatic heterocycles. The average molecular weight is 295 g/mol. The number of carbonyl (C=O) groups is 1. The van der Waals surface area contributed by atoms with Crippen LogP contribution in [0.2, 0.25) is 0 Å². The molecule has 110 valence electrons. The van der Waals surface area contributed by atoms with Gasteiger partial charge < -0.3 is 9.64 Å². The van der Waals surface area contributed by atoms with Crippen LogP contribution in [0.3, 0.4) is 0 Å². The third kappa shape index (κ3) is 2.87. The molecular formula is C14H21N3O2S. The van der Waals surface area contributed by atoms with E-state index in [9.17, 15) is 4.79 Å². The molecule has 1 aromatic rings. The van der Waals surface area contributed by atoms with Gasteiger partial charge in [-0.25, -0.2) is 4.98 Å². The molecule has 2 fully saturated rings. The zero-order chi connectivity index (χ0) is 14.1. The second-order valence-electron chi connectivity index (χ2n) is 5.84. The van der Waals surface area contributed by atoms with Crippen molar-refractivity contribution in [2.45, 2.75) is 31.6 Å². The van der Waals surface area contributed by atoms with Crippen molar-refractivity contribution in [2.75, 3.05) is 27.2 Å². The minimum Gasteiger partial charge on any atom is -0.364 e. The van der Waals surface area contributed by atoms with E-state index >= 15 is 0 Å². The highest BCUT2D eigenvalue weighted by molar-refractivity contribution is 7.09. The maximum Gasteiger partial charge on any atom is 0.251 e. The summed E-state index contributed by atoms with van der Waals surface area (Å²) >= 11 is 1.70. The van der Waals surface area contributed by atoms with Crippen LogP contribution in [0.4, 0.5) is 0 Å². The number of likely N-dealkylation sites (N-methyl/N-ethyl adjacent to an activating group) is 1. The molecule has 5 nitrogen and oxygen atoms in total. The Labute approximate surface area is 123 Å². The summed E-state index contributed by atoms with van der Waals surface area (Å²) in [5.74, 6) is 0.641. The lowest BCUT2D eigenvalue weighted by Crippen LogP contribution is -2.42. The van der Waals surface area contributed by atoms with E-state index in [4.69, 9.17) is 4.74 Å². The summed E-state index contributed by atoms with van der Waals surface area (Å²) in [6, 6.07) is 0. The number of hydrogen-bond acceptors (Lipinski definition) is 5. The molecule has 0 N–H and O–H groups in total. The molecule has 0 aliphatic carbocycles. The van der Waals surface area contributed by atoms with E-state index in [1.165, 1.54) is 0 Å². The fraction of sp³-hybridized carbons (Fsp3) is 0.714. The topological polar surface area (TPSA) is 45.7 Å². The van der Waals surface area contributed by atoms with E-state index in [0.717, 1.165) is 37.5 Å². The number of likely N-dealkylation sites (tertiary alicyclic amines) is 1. The number of ether oxygens (including phenoxy) is 1. The third-order valence-corrected chi connectivity index (χ3v) is 4.96. The minimum absolute atomic E-state index is 0.103. The summed E-state index contributed by atoms with van der Waals surface area (Å²) < 4.78 is 5.99. The Hall–Kier alpha value is -0.980. The lowest BCUT2D eigenvalue weighted by molar-refractivity contribution is -0.141. The first-order chi connectivity index (χ1) is 9.63. The molecule has 0 aromatic carbocycles. The van der Waals surface area contributed by atoms with Crippen LogP contribution in [0, 0.1) is 5.92 Å². The van der Waals surface area contributed by atoms with Crippen molar-refractivity contribution in [3.63, 3.8) is 0 Å². The number of carbonyl (C=O) groups excluding carboxylic acids is 1. The van der Waals surface area contributed by atoms with E-state index in [1.54, 1.807) is 30.3 Å². The van der Waals surface area contributed by atoms with Crippen molar-refractivity contribution in [2.24, 2.45) is 5.92 Å². The second kappa shape index (κ2) is 5.79. The molecule has 2 aliphatic rings. The molecule has 1 amide bonds. The van der Waals surface area contributed by atoms with Crippen LogP contribution in [-0.4, -0.2) is 60.1 Å². The Bertz CT molecular complexity index is 463.